The van der Waals surface area contributed by atoms with E-state index in [1.54, 1.807) is 30.3 Å². The fourth-order valence-corrected chi connectivity index (χ4v) is 9.50. The van der Waals surface area contributed by atoms with E-state index in [9.17, 15) is 42.3 Å². The monoisotopic (exact) mass is 768 g/mol. The lowest BCUT2D eigenvalue weighted by molar-refractivity contribution is -0.125. The van der Waals surface area contributed by atoms with Gasteiger partial charge in [0, 0.05) is 16.9 Å². The van der Waals surface area contributed by atoms with E-state index in [0.717, 1.165) is 4.90 Å². The molecule has 1 N–H and O–H groups in total. The Kier molecular flexibility index (Phi) is 7.69. The third-order valence-corrected chi connectivity index (χ3v) is 12.4. The number of nitrogens with zero attached hydrogens (tertiary/aromatic N) is 2. The number of allylic oxidation sites excluding steroid dienone is 2. The Bertz CT molecular complexity index is 2400. The van der Waals surface area contributed by atoms with Gasteiger partial charge in [-0.25, -0.2) is 26.9 Å². The van der Waals surface area contributed by atoms with Crippen molar-refractivity contribution in [2.75, 3.05) is 9.80 Å². The van der Waals surface area contributed by atoms with E-state index in [-0.39, 0.29) is 45.1 Å². The fraction of sp³-hybridized carbons (Fsp3) is 0.237. The number of halogens is 7. The second kappa shape index (κ2) is 11.7. The van der Waals surface area contributed by atoms with Gasteiger partial charge in [-0.15, -0.1) is 23.2 Å². The second-order valence-corrected chi connectivity index (χ2v) is 14.8. The predicted octanol–water partition coefficient (Wildman–Crippen LogP) is 7.21. The summed E-state index contributed by atoms with van der Waals surface area (Å²) < 4.78 is 73.9. The molecule has 0 spiro atoms. The Morgan fingerprint density at radius 2 is 1.36 bits per heavy atom. The number of imide groups is 2. The van der Waals surface area contributed by atoms with Gasteiger partial charge in [0.25, 0.3) is 11.8 Å². The Morgan fingerprint density at radius 1 is 0.755 bits per heavy atom. The maximum absolute atomic E-state index is 15.3. The minimum absolute atomic E-state index is 0.0542. The summed E-state index contributed by atoms with van der Waals surface area (Å²) in [6.07, 6.45) is 0.872. The first-order valence-electron chi connectivity index (χ1n) is 16.2. The number of amides is 4. The molecule has 2 aliphatic carbocycles. The number of fused-ring (bicyclic) bond motifs is 5. The van der Waals surface area contributed by atoms with Crippen LogP contribution in [0.2, 0.25) is 0 Å². The second-order valence-electron chi connectivity index (χ2n) is 13.5. The van der Waals surface area contributed by atoms with Crippen LogP contribution in [0.3, 0.4) is 0 Å². The lowest BCUT2D eigenvalue weighted by Gasteiger charge is -2.51. The van der Waals surface area contributed by atoms with E-state index >= 15 is 8.78 Å². The molecule has 4 amide bonds. The van der Waals surface area contributed by atoms with Crippen LogP contribution in [0.5, 0.6) is 5.75 Å². The van der Waals surface area contributed by atoms with Crippen LogP contribution < -0.4 is 9.80 Å². The fourth-order valence-electron chi connectivity index (χ4n) is 8.57. The Morgan fingerprint density at radius 3 is 1.98 bits per heavy atom. The molecule has 0 aromatic heterocycles. The summed E-state index contributed by atoms with van der Waals surface area (Å²) in [6.45, 7) is 1.35. The number of rotatable bonds is 4. The smallest absolute Gasteiger partial charge is 0.258 e. The van der Waals surface area contributed by atoms with Crippen molar-refractivity contribution in [2.45, 2.75) is 35.4 Å². The molecule has 53 heavy (non-hydrogen) atoms. The van der Waals surface area contributed by atoms with Gasteiger partial charge in [0.1, 0.15) is 11.4 Å². The molecule has 6 atom stereocenters. The van der Waals surface area contributed by atoms with E-state index in [1.807, 2.05) is 0 Å². The Balaban J connectivity index is 1.34. The van der Waals surface area contributed by atoms with Crippen molar-refractivity contribution in [3.05, 3.63) is 113 Å². The van der Waals surface area contributed by atoms with Crippen LogP contribution in [0.1, 0.15) is 41.6 Å². The highest BCUT2D eigenvalue weighted by atomic mass is 35.5. The molecule has 4 aromatic rings. The van der Waals surface area contributed by atoms with Crippen molar-refractivity contribution in [1.29, 1.82) is 0 Å². The molecule has 270 valence electrons. The first-order chi connectivity index (χ1) is 25.1. The maximum atomic E-state index is 15.3. The summed E-state index contributed by atoms with van der Waals surface area (Å²) in [4.78, 5) is 64.5. The zero-order valence-corrected chi connectivity index (χ0v) is 28.6. The van der Waals surface area contributed by atoms with Crippen molar-refractivity contribution in [1.82, 2.24) is 0 Å². The number of benzene rings is 4. The summed E-state index contributed by atoms with van der Waals surface area (Å²) in [5.41, 5.74) is -0.932. The number of alkyl halides is 2. The van der Waals surface area contributed by atoms with Crippen molar-refractivity contribution < 1.29 is 51.0 Å². The van der Waals surface area contributed by atoms with Crippen LogP contribution in [0, 0.1) is 46.8 Å². The number of Topliss-reactive ketones (excluding diaryl/α,β-unsaturated/α-hetero) is 1. The molecule has 4 aliphatic rings. The molecule has 0 unspecified atom stereocenters. The normalized spacial score (nSPS) is 28.0. The number of hydrogen-bond acceptors (Lipinski definition) is 6. The van der Waals surface area contributed by atoms with E-state index in [2.05, 4.69) is 0 Å². The average molecular weight is 770 g/mol. The van der Waals surface area contributed by atoms with E-state index < -0.39 is 98.2 Å². The van der Waals surface area contributed by atoms with Crippen LogP contribution in [0.25, 0.3) is 10.8 Å². The molecule has 8 rings (SSSR count). The summed E-state index contributed by atoms with van der Waals surface area (Å²) in [6, 6.07) is 14.7. The lowest BCUT2D eigenvalue weighted by Crippen LogP contribution is -2.60. The van der Waals surface area contributed by atoms with E-state index in [0.29, 0.717) is 10.9 Å². The summed E-state index contributed by atoms with van der Waals surface area (Å²) in [7, 11) is 0. The molecule has 1 saturated carbocycles. The van der Waals surface area contributed by atoms with Crippen molar-refractivity contribution in [3.63, 3.8) is 0 Å². The number of phenolic OH excluding ortho intramolecular Hbond substituents is 1. The first kappa shape index (κ1) is 34.9. The summed E-state index contributed by atoms with van der Waals surface area (Å²) in [5.74, 6) is -22.1. The highest BCUT2D eigenvalue weighted by Gasteiger charge is 2.77. The number of aromatic hydroxyl groups is 1. The highest BCUT2D eigenvalue weighted by molar-refractivity contribution is 6.58. The van der Waals surface area contributed by atoms with Gasteiger partial charge in [-0.05, 0) is 67.0 Å². The Labute approximate surface area is 306 Å². The van der Waals surface area contributed by atoms with Crippen LogP contribution in [0.4, 0.5) is 33.3 Å². The van der Waals surface area contributed by atoms with Gasteiger partial charge in [-0.3, -0.25) is 28.9 Å². The number of carbonyl (C=O) groups excluding carboxylic acids is 5. The van der Waals surface area contributed by atoms with Crippen LogP contribution in [-0.2, 0) is 19.2 Å². The molecule has 3 fully saturated rings. The van der Waals surface area contributed by atoms with Crippen molar-refractivity contribution >= 4 is 74.8 Å². The molecule has 8 nitrogen and oxygen atoms in total. The van der Waals surface area contributed by atoms with Gasteiger partial charge in [-0.1, -0.05) is 42.0 Å². The van der Waals surface area contributed by atoms with Crippen LogP contribution in [0.15, 0.2) is 72.3 Å². The first-order valence-corrected chi connectivity index (χ1v) is 17.0. The van der Waals surface area contributed by atoms with Crippen molar-refractivity contribution in [3.8, 4) is 5.75 Å². The maximum Gasteiger partial charge on any atom is 0.258 e. The summed E-state index contributed by atoms with van der Waals surface area (Å²) in [5, 5.41) is 11.3. The topological polar surface area (TPSA) is 112 Å². The number of anilines is 2. The lowest BCUT2D eigenvalue weighted by atomic mass is 9.56. The molecular formula is C38H23Cl2F5N2O6. The molecular weight excluding hydrogens is 746 g/mol. The minimum atomic E-state index is -2.71. The SMILES string of the molecule is CC(=O)c1ccc(N2C(=O)[C@H]3[C@H](CC=C4[C@H]3C[C@@]3(Cl)C(=O)N(c5c(F)c(F)c(F)c(F)c5F)C(=O)[C@@]3(Cl)[C@H]4c3ccc(O)c4ccccc34)C2=O)cc1. The molecule has 15 heteroatoms. The van der Waals surface area contributed by atoms with Crippen LogP contribution in [-0.4, -0.2) is 44.3 Å². The quantitative estimate of drug-likeness (QED) is 0.0447. The third-order valence-electron chi connectivity index (χ3n) is 11.0. The Hall–Kier alpha value is -5.14. The highest BCUT2D eigenvalue weighted by Crippen LogP contribution is 2.66. The molecule has 4 aromatic carbocycles. The number of phenols is 1. The minimum Gasteiger partial charge on any atom is -0.507 e. The van der Waals surface area contributed by atoms with Gasteiger partial charge in [0.05, 0.1) is 17.5 Å². The average Bonchev–Trinajstić information content (AvgIpc) is 3.48. The molecule has 0 bridgehead atoms. The summed E-state index contributed by atoms with van der Waals surface area (Å²) >= 11 is 14.5. The largest absolute Gasteiger partial charge is 0.507 e. The van der Waals surface area contributed by atoms with Gasteiger partial charge < -0.3 is 5.11 Å². The van der Waals surface area contributed by atoms with Crippen molar-refractivity contribution in [2.24, 2.45) is 17.8 Å². The predicted molar refractivity (Wildman–Crippen MR) is 181 cm³/mol. The number of ketones is 1. The molecule has 0 radical (unpaired) electrons. The number of carbonyl (C=O) groups is 5. The third kappa shape index (κ3) is 4.43. The molecule has 2 heterocycles. The van der Waals surface area contributed by atoms with Gasteiger partial charge in [-0.2, -0.15) is 0 Å². The van der Waals surface area contributed by atoms with Crippen LogP contribution >= 0.6 is 23.2 Å². The van der Waals surface area contributed by atoms with Gasteiger partial charge in [0.15, 0.2) is 38.8 Å². The zero-order valence-electron chi connectivity index (χ0n) is 27.1. The molecule has 2 aliphatic heterocycles. The van der Waals surface area contributed by atoms with Gasteiger partial charge in [0.2, 0.25) is 17.6 Å². The zero-order chi connectivity index (χ0) is 38.0. The molecule has 2 saturated heterocycles. The number of hydrogen-bond donors (Lipinski definition) is 1. The standard InChI is InChI=1S/C38H23Cl2F5N2O6/c1-15(48)16-6-8-17(9-7-16)46-33(50)22-11-10-21-23(25(22)34(46)51)14-37(39)35(52)47(32-30(44)28(42)27(41)29(43)31(32)45)36(53)38(37,40)26(21)20-12-13-24(49)19-5-3-2-4-18(19)20/h2-10,12-13,22-23,25-26,49H,11,14H2,1H3/t22-,23+,25-,26-,37+,38-/m0/s1. The van der Waals surface area contributed by atoms with E-state index in [4.69, 9.17) is 23.2 Å². The van der Waals surface area contributed by atoms with E-state index in [1.165, 1.54) is 43.3 Å². The van der Waals surface area contributed by atoms with Gasteiger partial charge >= 0.3 is 0 Å².